The van der Waals surface area contributed by atoms with E-state index < -0.39 is 10.2 Å². The molecule has 86 valence electrons. The molecule has 6 heteroatoms. The lowest BCUT2D eigenvalue weighted by atomic mass is 10.2. The van der Waals surface area contributed by atoms with Crippen molar-refractivity contribution in [3.05, 3.63) is 41.3 Å². The summed E-state index contributed by atoms with van der Waals surface area (Å²) in [5.41, 5.74) is 1.33. The number of fused-ring (bicyclic) bond motifs is 1. The summed E-state index contributed by atoms with van der Waals surface area (Å²) in [6.45, 7) is 2.12. The molecule has 0 spiro atoms. The maximum atomic E-state index is 8.49. The van der Waals surface area contributed by atoms with E-state index in [2.05, 4.69) is 42.6 Å². The van der Waals surface area contributed by atoms with E-state index in [0.29, 0.717) is 0 Å². The van der Waals surface area contributed by atoms with Crippen molar-refractivity contribution in [3.8, 4) is 0 Å². The molecule has 4 nitrogen and oxygen atoms in total. The summed E-state index contributed by atoms with van der Waals surface area (Å²) in [6.07, 6.45) is 0. The molecule has 0 amide bonds. The fourth-order valence-corrected chi connectivity index (χ4v) is 1.87. The molecule has 0 fully saturated rings. The Labute approximate surface area is 98.8 Å². The summed E-state index contributed by atoms with van der Waals surface area (Å²) in [7, 11) is -4.94. The SMILES string of the molecule is Cc1ccc2[s+]cccc2c1.[O-][Cl+3]([O-])([O-])[O-]. The van der Waals surface area contributed by atoms with Crippen molar-refractivity contribution in [2.45, 2.75) is 6.92 Å². The second-order valence-corrected chi connectivity index (χ2v) is 4.74. The summed E-state index contributed by atoms with van der Waals surface area (Å²) < 4.78 is 35.3. The highest BCUT2D eigenvalue weighted by Crippen LogP contribution is 2.18. The second-order valence-electron chi connectivity index (χ2n) is 3.03. The molecule has 0 aliphatic heterocycles. The van der Waals surface area contributed by atoms with Gasteiger partial charge in [-0.3, -0.25) is 0 Å². The van der Waals surface area contributed by atoms with Gasteiger partial charge in [0, 0.05) is 11.5 Å². The van der Waals surface area contributed by atoms with Crippen LogP contribution in [0.5, 0.6) is 0 Å². The third-order valence-corrected chi connectivity index (χ3v) is 2.63. The van der Waals surface area contributed by atoms with Crippen LogP contribution in [0.3, 0.4) is 0 Å². The van der Waals surface area contributed by atoms with Gasteiger partial charge in [-0.05, 0) is 25.1 Å². The van der Waals surface area contributed by atoms with Crippen molar-refractivity contribution in [2.24, 2.45) is 0 Å². The summed E-state index contributed by atoms with van der Waals surface area (Å²) in [6, 6.07) is 10.8. The van der Waals surface area contributed by atoms with Gasteiger partial charge in [-0.2, -0.15) is 0 Å². The molecule has 2 rings (SSSR count). The first-order valence-electron chi connectivity index (χ1n) is 4.25. The first kappa shape index (κ1) is 13.2. The van der Waals surface area contributed by atoms with E-state index in [4.69, 9.17) is 18.6 Å². The maximum Gasteiger partial charge on any atom is 0.237 e. The van der Waals surface area contributed by atoms with Gasteiger partial charge < -0.3 is 0 Å². The van der Waals surface area contributed by atoms with Crippen molar-refractivity contribution < 1.29 is 28.9 Å². The maximum absolute atomic E-state index is 8.49. The van der Waals surface area contributed by atoms with E-state index in [1.54, 1.807) is 11.3 Å². The molecule has 0 atom stereocenters. The zero-order valence-corrected chi connectivity index (χ0v) is 9.96. The van der Waals surface area contributed by atoms with Crippen molar-refractivity contribution in [2.75, 3.05) is 0 Å². The van der Waals surface area contributed by atoms with E-state index in [-0.39, 0.29) is 0 Å². The number of hydrogen-bond donors (Lipinski definition) is 0. The molecule has 0 N–H and O–H groups in total. The quantitative estimate of drug-likeness (QED) is 0.553. The van der Waals surface area contributed by atoms with Crippen LogP contribution in [0.25, 0.3) is 10.1 Å². The van der Waals surface area contributed by atoms with E-state index in [9.17, 15) is 0 Å². The Bertz CT molecular complexity index is 464. The Morgan fingerprint density at radius 2 is 1.69 bits per heavy atom. The number of benzene rings is 1. The van der Waals surface area contributed by atoms with Crippen LogP contribution in [0.15, 0.2) is 35.7 Å². The van der Waals surface area contributed by atoms with Crippen LogP contribution in [0.2, 0.25) is 0 Å². The first-order valence-corrected chi connectivity index (χ1v) is 6.36. The zero-order chi connectivity index (χ0) is 12.2. The molecule has 0 saturated heterocycles. The van der Waals surface area contributed by atoms with E-state index in [1.807, 2.05) is 0 Å². The summed E-state index contributed by atoms with van der Waals surface area (Å²) in [5, 5.41) is 3.45. The predicted molar refractivity (Wildman–Crippen MR) is 51.0 cm³/mol. The highest BCUT2D eigenvalue weighted by atomic mass is 35.7. The number of rotatable bonds is 0. The molecular formula is C10H9ClO4S. The van der Waals surface area contributed by atoms with Crippen molar-refractivity contribution in [1.29, 1.82) is 0 Å². The fraction of sp³-hybridized carbons (Fsp3) is 0.100. The lowest BCUT2D eigenvalue weighted by molar-refractivity contribution is -2.00. The minimum atomic E-state index is -4.94. The van der Waals surface area contributed by atoms with E-state index in [1.165, 1.54) is 15.6 Å². The van der Waals surface area contributed by atoms with Crippen LogP contribution >= 0.6 is 11.3 Å². The van der Waals surface area contributed by atoms with E-state index in [0.717, 1.165) is 0 Å². The standard InChI is InChI=1S/C10H9S.ClHO4/c1-8-4-5-10-9(7-8)3-2-6-11-10;2-1(3,4)5/h2-7H,1H3;(H,2,3,4,5)/q+1;/p-1. The molecule has 0 aliphatic carbocycles. The summed E-state index contributed by atoms with van der Waals surface area (Å²) in [5.74, 6) is 0. The molecule has 2 aromatic rings. The zero-order valence-electron chi connectivity index (χ0n) is 8.38. The highest BCUT2D eigenvalue weighted by Gasteiger charge is 2.00. The largest absolute Gasteiger partial charge is 0.237 e. The van der Waals surface area contributed by atoms with E-state index >= 15 is 0 Å². The Morgan fingerprint density at radius 1 is 1.06 bits per heavy atom. The third kappa shape index (κ3) is 5.32. The lowest BCUT2D eigenvalue weighted by Gasteiger charge is -2.17. The monoisotopic (exact) mass is 260 g/mol. The Hall–Kier alpha value is -0.820. The van der Waals surface area contributed by atoms with Crippen molar-refractivity contribution >= 4 is 21.4 Å². The van der Waals surface area contributed by atoms with Gasteiger partial charge in [-0.15, -0.1) is 10.2 Å². The van der Waals surface area contributed by atoms with Gasteiger partial charge in [-0.25, -0.2) is 18.6 Å². The van der Waals surface area contributed by atoms with Gasteiger partial charge in [0.2, 0.25) is 16.0 Å². The predicted octanol–water partition coefficient (Wildman–Crippen LogP) is -1.27. The van der Waals surface area contributed by atoms with Crippen LogP contribution in [0.4, 0.5) is 0 Å². The third-order valence-electron chi connectivity index (χ3n) is 1.71. The Balaban J connectivity index is 0.000000221. The van der Waals surface area contributed by atoms with Crippen molar-refractivity contribution in [3.63, 3.8) is 0 Å². The molecular weight excluding hydrogens is 252 g/mol. The Kier molecular flexibility index (Phi) is 4.55. The summed E-state index contributed by atoms with van der Waals surface area (Å²) >= 11 is 1.79. The average molecular weight is 261 g/mol. The van der Waals surface area contributed by atoms with Gasteiger partial charge in [0.1, 0.15) is 0 Å². The highest BCUT2D eigenvalue weighted by molar-refractivity contribution is 7.16. The van der Waals surface area contributed by atoms with Gasteiger partial charge in [0.25, 0.3) is 0 Å². The summed E-state index contributed by atoms with van der Waals surface area (Å²) in [4.78, 5) is 0. The second kappa shape index (κ2) is 5.49. The van der Waals surface area contributed by atoms with Gasteiger partial charge in [-0.1, -0.05) is 11.6 Å². The topological polar surface area (TPSA) is 92.2 Å². The van der Waals surface area contributed by atoms with Crippen LogP contribution < -0.4 is 18.6 Å². The molecule has 1 heterocycles. The fourth-order valence-electron chi connectivity index (χ4n) is 1.16. The average Bonchev–Trinajstić information content (AvgIpc) is 2.15. The van der Waals surface area contributed by atoms with Gasteiger partial charge in [0.05, 0.1) is 0 Å². The van der Waals surface area contributed by atoms with Crippen LogP contribution in [-0.2, 0) is 0 Å². The molecule has 0 bridgehead atoms. The van der Waals surface area contributed by atoms with Crippen molar-refractivity contribution in [1.82, 2.24) is 0 Å². The number of halogens is 1. The minimum Gasteiger partial charge on any atom is -0.222 e. The first-order chi connectivity index (χ1) is 7.36. The Morgan fingerprint density at radius 3 is 2.31 bits per heavy atom. The smallest absolute Gasteiger partial charge is 0.222 e. The molecule has 0 radical (unpaired) electrons. The molecule has 0 aliphatic rings. The number of aryl methyl sites for hydroxylation is 1. The number of hydrogen-bond acceptors (Lipinski definition) is 4. The normalized spacial score (nSPS) is 10.8. The molecule has 1 aromatic heterocycles. The molecule has 0 unspecified atom stereocenters. The van der Waals surface area contributed by atoms with Crippen LogP contribution in [-0.4, -0.2) is 0 Å². The molecule has 1 aromatic carbocycles. The lowest BCUT2D eigenvalue weighted by Crippen LogP contribution is -2.68. The van der Waals surface area contributed by atoms with Gasteiger partial charge >= 0.3 is 0 Å². The minimum absolute atomic E-state index is 1.33. The van der Waals surface area contributed by atoms with Crippen LogP contribution in [0, 0.1) is 17.2 Å². The molecule has 16 heavy (non-hydrogen) atoms. The molecule has 0 saturated carbocycles. The van der Waals surface area contributed by atoms with Crippen LogP contribution in [0.1, 0.15) is 5.56 Å². The van der Waals surface area contributed by atoms with Gasteiger partial charge in [0.15, 0.2) is 5.38 Å².